The van der Waals surface area contributed by atoms with Crippen molar-refractivity contribution in [2.45, 2.75) is 27.2 Å². The summed E-state index contributed by atoms with van der Waals surface area (Å²) < 4.78 is 4.97. The largest absolute Gasteiger partial charge is 0.466 e. The molecular formula is C17H19NO3. The Morgan fingerprint density at radius 3 is 2.43 bits per heavy atom. The van der Waals surface area contributed by atoms with E-state index in [0.717, 1.165) is 16.8 Å². The lowest BCUT2D eigenvalue weighted by Gasteiger charge is -2.03. The first-order chi connectivity index (χ1) is 10.0. The highest BCUT2D eigenvalue weighted by molar-refractivity contribution is 6.09. The number of benzene rings is 1. The summed E-state index contributed by atoms with van der Waals surface area (Å²) >= 11 is 0. The van der Waals surface area contributed by atoms with Crippen LogP contribution >= 0.6 is 0 Å². The summed E-state index contributed by atoms with van der Waals surface area (Å²) in [5, 5.41) is 0. The first kappa shape index (κ1) is 15.0. The molecule has 4 heteroatoms. The molecule has 0 bridgehead atoms. The first-order valence-corrected chi connectivity index (χ1v) is 6.98. The molecule has 0 amide bonds. The lowest BCUT2D eigenvalue weighted by atomic mass is 10.0. The normalized spacial score (nSPS) is 10.4. The molecule has 0 saturated heterocycles. The van der Waals surface area contributed by atoms with Gasteiger partial charge in [0.05, 0.1) is 18.7 Å². The van der Waals surface area contributed by atoms with E-state index in [2.05, 4.69) is 4.98 Å². The van der Waals surface area contributed by atoms with Crippen molar-refractivity contribution in [3.63, 3.8) is 0 Å². The maximum absolute atomic E-state index is 12.5. The quantitative estimate of drug-likeness (QED) is 0.678. The van der Waals surface area contributed by atoms with Gasteiger partial charge in [-0.05, 0) is 31.9 Å². The van der Waals surface area contributed by atoms with Crippen molar-refractivity contribution in [2.75, 3.05) is 6.61 Å². The van der Waals surface area contributed by atoms with Gasteiger partial charge in [-0.1, -0.05) is 30.3 Å². The van der Waals surface area contributed by atoms with Gasteiger partial charge in [-0.15, -0.1) is 0 Å². The van der Waals surface area contributed by atoms with Gasteiger partial charge in [0.2, 0.25) is 5.78 Å². The molecule has 0 spiro atoms. The minimum absolute atomic E-state index is 0.0636. The van der Waals surface area contributed by atoms with E-state index in [0.29, 0.717) is 17.9 Å². The van der Waals surface area contributed by atoms with Crippen LogP contribution in [0.5, 0.6) is 0 Å². The molecule has 0 aliphatic heterocycles. The van der Waals surface area contributed by atoms with Crippen molar-refractivity contribution in [1.29, 1.82) is 0 Å². The smallest absolute Gasteiger partial charge is 0.310 e. The summed E-state index contributed by atoms with van der Waals surface area (Å²) in [5.41, 5.74) is 3.66. The zero-order chi connectivity index (χ0) is 15.4. The number of esters is 1. The zero-order valence-corrected chi connectivity index (χ0v) is 12.5. The van der Waals surface area contributed by atoms with Crippen LogP contribution in [0.1, 0.15) is 39.8 Å². The summed E-state index contributed by atoms with van der Waals surface area (Å²) in [4.78, 5) is 27.2. The average molecular weight is 285 g/mol. The van der Waals surface area contributed by atoms with Gasteiger partial charge in [-0.3, -0.25) is 9.59 Å². The number of aromatic amines is 1. The van der Waals surface area contributed by atoms with Gasteiger partial charge in [0.25, 0.3) is 0 Å². The number of rotatable bonds is 5. The number of carbonyl (C=O) groups excluding carboxylic acids is 2. The van der Waals surface area contributed by atoms with Crippen molar-refractivity contribution in [2.24, 2.45) is 0 Å². The van der Waals surface area contributed by atoms with E-state index in [1.54, 1.807) is 19.1 Å². The lowest BCUT2D eigenvalue weighted by molar-refractivity contribution is -0.142. The van der Waals surface area contributed by atoms with Crippen molar-refractivity contribution >= 4 is 11.8 Å². The third-order valence-corrected chi connectivity index (χ3v) is 3.48. The summed E-state index contributed by atoms with van der Waals surface area (Å²) in [6.07, 6.45) is 0.185. The summed E-state index contributed by atoms with van der Waals surface area (Å²) in [6.45, 7) is 5.85. The van der Waals surface area contributed by atoms with Gasteiger partial charge in [-0.25, -0.2) is 0 Å². The van der Waals surface area contributed by atoms with E-state index in [4.69, 9.17) is 4.74 Å². The second-order valence-electron chi connectivity index (χ2n) is 4.91. The number of nitrogens with one attached hydrogen (secondary N) is 1. The van der Waals surface area contributed by atoms with E-state index in [1.165, 1.54) is 0 Å². The minimum atomic E-state index is -0.276. The van der Waals surface area contributed by atoms with E-state index in [9.17, 15) is 9.59 Å². The Morgan fingerprint density at radius 2 is 1.81 bits per heavy atom. The molecule has 2 rings (SSSR count). The molecule has 0 aliphatic carbocycles. The Morgan fingerprint density at radius 1 is 1.14 bits per heavy atom. The van der Waals surface area contributed by atoms with E-state index in [-0.39, 0.29) is 18.2 Å². The molecule has 0 fully saturated rings. The molecule has 0 radical (unpaired) electrons. The number of aryl methyl sites for hydroxylation is 1. The number of ketones is 1. The second-order valence-corrected chi connectivity index (χ2v) is 4.91. The van der Waals surface area contributed by atoms with Gasteiger partial charge in [0.15, 0.2) is 0 Å². The van der Waals surface area contributed by atoms with E-state index >= 15 is 0 Å². The van der Waals surface area contributed by atoms with Gasteiger partial charge in [0, 0.05) is 11.3 Å². The zero-order valence-electron chi connectivity index (χ0n) is 12.5. The highest BCUT2D eigenvalue weighted by Gasteiger charge is 2.20. The molecule has 0 unspecified atom stereocenters. The Hall–Kier alpha value is -2.36. The molecule has 1 heterocycles. The Kier molecular flexibility index (Phi) is 4.58. The molecule has 4 nitrogen and oxygen atoms in total. The molecule has 0 aliphatic rings. The van der Waals surface area contributed by atoms with Crippen molar-refractivity contribution < 1.29 is 14.3 Å². The minimum Gasteiger partial charge on any atom is -0.466 e. The van der Waals surface area contributed by atoms with Gasteiger partial charge in [0.1, 0.15) is 0 Å². The molecule has 1 aromatic heterocycles. The third-order valence-electron chi connectivity index (χ3n) is 3.48. The number of hydrogen-bond acceptors (Lipinski definition) is 3. The van der Waals surface area contributed by atoms with E-state index < -0.39 is 0 Å². The molecule has 1 N–H and O–H groups in total. The fourth-order valence-corrected chi connectivity index (χ4v) is 2.37. The molecule has 1 aromatic carbocycles. The number of ether oxygens (including phenoxy) is 1. The molecule has 0 saturated carbocycles. The Balaban J connectivity index is 2.31. The van der Waals surface area contributed by atoms with Crippen LogP contribution in [-0.4, -0.2) is 23.3 Å². The Labute approximate surface area is 124 Å². The van der Waals surface area contributed by atoms with Crippen molar-refractivity contribution in [1.82, 2.24) is 4.98 Å². The van der Waals surface area contributed by atoms with E-state index in [1.807, 2.05) is 32.0 Å². The van der Waals surface area contributed by atoms with Crippen LogP contribution in [0, 0.1) is 13.8 Å². The van der Waals surface area contributed by atoms with Crippen molar-refractivity contribution in [3.8, 4) is 0 Å². The van der Waals surface area contributed by atoms with Crippen LogP contribution in [0.4, 0.5) is 0 Å². The second kappa shape index (κ2) is 6.39. The Bertz CT molecular complexity index is 656. The highest BCUT2D eigenvalue weighted by Crippen LogP contribution is 2.21. The number of aromatic nitrogens is 1. The molecule has 2 aromatic rings. The predicted octanol–water partition coefficient (Wildman–Crippen LogP) is 2.97. The number of carbonyl (C=O) groups is 2. The molecular weight excluding hydrogens is 266 g/mol. The average Bonchev–Trinajstić information content (AvgIpc) is 2.76. The van der Waals surface area contributed by atoms with Crippen LogP contribution in [0.2, 0.25) is 0 Å². The van der Waals surface area contributed by atoms with Crippen LogP contribution in [0.15, 0.2) is 30.3 Å². The van der Waals surface area contributed by atoms with Crippen LogP contribution < -0.4 is 0 Å². The summed E-state index contributed by atoms with van der Waals surface area (Å²) in [7, 11) is 0. The standard InChI is InChI=1S/C17H19NO3/c1-4-21-15(19)10-14-11(2)16(18-12(14)3)17(20)13-8-6-5-7-9-13/h5-9,18H,4,10H2,1-3H3. The first-order valence-electron chi connectivity index (χ1n) is 6.98. The highest BCUT2D eigenvalue weighted by atomic mass is 16.5. The van der Waals surface area contributed by atoms with Crippen LogP contribution in [-0.2, 0) is 16.0 Å². The van der Waals surface area contributed by atoms with Crippen molar-refractivity contribution in [3.05, 3.63) is 58.4 Å². The van der Waals surface area contributed by atoms with Gasteiger partial charge >= 0.3 is 5.97 Å². The lowest BCUT2D eigenvalue weighted by Crippen LogP contribution is -2.09. The topological polar surface area (TPSA) is 59.2 Å². The van der Waals surface area contributed by atoms with Gasteiger partial charge < -0.3 is 9.72 Å². The maximum atomic E-state index is 12.5. The van der Waals surface area contributed by atoms with Gasteiger partial charge in [-0.2, -0.15) is 0 Å². The SMILES string of the molecule is CCOC(=O)Cc1c(C)[nH]c(C(=O)c2ccccc2)c1C. The fraction of sp³-hybridized carbons (Fsp3) is 0.294. The maximum Gasteiger partial charge on any atom is 0.310 e. The molecule has 21 heavy (non-hydrogen) atoms. The summed E-state index contributed by atoms with van der Waals surface area (Å²) in [5.74, 6) is -0.340. The number of H-pyrrole nitrogens is 1. The number of hydrogen-bond donors (Lipinski definition) is 1. The predicted molar refractivity (Wildman–Crippen MR) is 80.5 cm³/mol. The van der Waals surface area contributed by atoms with Crippen LogP contribution in [0.25, 0.3) is 0 Å². The fourth-order valence-electron chi connectivity index (χ4n) is 2.37. The third kappa shape index (κ3) is 3.21. The van der Waals surface area contributed by atoms with Crippen LogP contribution in [0.3, 0.4) is 0 Å². The summed E-state index contributed by atoms with van der Waals surface area (Å²) in [6, 6.07) is 9.09. The monoisotopic (exact) mass is 285 g/mol. The molecule has 110 valence electrons. The molecule has 0 atom stereocenters.